The Kier molecular flexibility index (Phi) is 4.62. The lowest BCUT2D eigenvalue weighted by Crippen LogP contribution is -2.05. The molecule has 0 aliphatic rings. The highest BCUT2D eigenvalue weighted by Gasteiger charge is 2.20. The van der Waals surface area contributed by atoms with Gasteiger partial charge in [0.05, 0.1) is 7.11 Å². The van der Waals surface area contributed by atoms with Gasteiger partial charge < -0.3 is 10.1 Å². The van der Waals surface area contributed by atoms with Crippen molar-refractivity contribution in [1.29, 1.82) is 0 Å². The van der Waals surface area contributed by atoms with E-state index in [9.17, 15) is 4.79 Å². The predicted octanol–water partition coefficient (Wildman–Crippen LogP) is 4.45. The predicted molar refractivity (Wildman–Crippen MR) is 82.3 cm³/mol. The normalized spacial score (nSPS) is 10.7. The molecule has 2 aromatic rings. The lowest BCUT2D eigenvalue weighted by Gasteiger charge is -2.02. The number of carbonyl (C=O) groups excluding carboxylic acids is 1. The molecular weight excluding hydrogens is 296 g/mol. The van der Waals surface area contributed by atoms with Crippen LogP contribution in [-0.4, -0.2) is 18.1 Å². The van der Waals surface area contributed by atoms with E-state index in [1.165, 1.54) is 18.4 Å². The van der Waals surface area contributed by atoms with Gasteiger partial charge in [-0.05, 0) is 30.2 Å². The summed E-state index contributed by atoms with van der Waals surface area (Å²) in [4.78, 5) is 17.0. The minimum atomic E-state index is -0.408. The first-order chi connectivity index (χ1) is 9.51. The van der Waals surface area contributed by atoms with Crippen molar-refractivity contribution >= 4 is 39.7 Å². The molecule has 0 atom stereocenters. The van der Waals surface area contributed by atoms with Crippen LogP contribution in [0.3, 0.4) is 0 Å². The van der Waals surface area contributed by atoms with E-state index in [0.29, 0.717) is 15.8 Å². The number of methoxy groups -OCH3 is 1. The molecule has 20 heavy (non-hydrogen) atoms. The molecule has 1 N–H and O–H groups in total. The van der Waals surface area contributed by atoms with Crippen molar-refractivity contribution in [2.24, 2.45) is 0 Å². The fourth-order valence-electron chi connectivity index (χ4n) is 1.68. The molecule has 0 spiro atoms. The van der Waals surface area contributed by atoms with Crippen molar-refractivity contribution in [3.05, 3.63) is 39.9 Å². The Morgan fingerprint density at radius 2 is 2.00 bits per heavy atom. The van der Waals surface area contributed by atoms with Crippen LogP contribution in [-0.2, 0) is 4.74 Å². The summed E-state index contributed by atoms with van der Waals surface area (Å²) < 4.78 is 4.77. The number of carbonyl (C=O) groups is 1. The minimum absolute atomic E-state index is 0.211. The van der Waals surface area contributed by atoms with Crippen LogP contribution >= 0.6 is 22.9 Å². The smallest absolute Gasteiger partial charge is 0.357 e. The lowest BCUT2D eigenvalue weighted by atomic mass is 10.1. The van der Waals surface area contributed by atoms with Crippen molar-refractivity contribution in [2.75, 3.05) is 12.4 Å². The number of nitrogens with one attached hydrogen (secondary N) is 1. The summed E-state index contributed by atoms with van der Waals surface area (Å²) >= 11 is 7.30. The molecule has 1 aromatic heterocycles. The average Bonchev–Trinajstić information content (AvgIpc) is 2.84. The molecule has 0 amide bonds. The van der Waals surface area contributed by atoms with E-state index in [4.69, 9.17) is 16.3 Å². The first-order valence-electron chi connectivity index (χ1n) is 6.13. The fourth-order valence-corrected chi connectivity index (χ4v) is 2.78. The van der Waals surface area contributed by atoms with Crippen LogP contribution in [0.4, 0.5) is 10.8 Å². The Balaban J connectivity index is 2.29. The highest BCUT2D eigenvalue weighted by molar-refractivity contribution is 7.16. The second-order valence-electron chi connectivity index (χ2n) is 4.51. The molecule has 0 aliphatic heterocycles. The van der Waals surface area contributed by atoms with Gasteiger partial charge in [0, 0.05) is 15.6 Å². The largest absolute Gasteiger partial charge is 0.464 e. The molecule has 6 heteroatoms. The molecule has 106 valence electrons. The van der Waals surface area contributed by atoms with E-state index in [1.807, 2.05) is 26.0 Å². The van der Waals surface area contributed by atoms with Crippen molar-refractivity contribution in [3.8, 4) is 0 Å². The second-order valence-corrected chi connectivity index (χ2v) is 5.98. The molecule has 0 aliphatic carbocycles. The third-order valence-electron chi connectivity index (χ3n) is 2.65. The number of ether oxygens (including phenoxy) is 1. The van der Waals surface area contributed by atoms with Gasteiger partial charge in [-0.3, -0.25) is 0 Å². The third-order valence-corrected chi connectivity index (χ3v) is 4.18. The van der Waals surface area contributed by atoms with Gasteiger partial charge >= 0.3 is 5.97 Å². The maximum absolute atomic E-state index is 11.7. The molecule has 4 nitrogen and oxygen atoms in total. The van der Waals surface area contributed by atoms with Crippen LogP contribution in [0.15, 0.2) is 24.3 Å². The number of benzene rings is 1. The van der Waals surface area contributed by atoms with Gasteiger partial charge in [-0.15, -0.1) is 11.3 Å². The van der Waals surface area contributed by atoms with Gasteiger partial charge in [0.1, 0.15) is 0 Å². The Morgan fingerprint density at radius 3 is 2.55 bits per heavy atom. The summed E-state index contributed by atoms with van der Waals surface area (Å²) in [5, 5.41) is 4.50. The number of hydrogen-bond acceptors (Lipinski definition) is 5. The van der Waals surface area contributed by atoms with Gasteiger partial charge in [-0.25, -0.2) is 9.78 Å². The summed E-state index contributed by atoms with van der Waals surface area (Å²) in [6, 6.07) is 7.30. The van der Waals surface area contributed by atoms with Crippen LogP contribution < -0.4 is 5.32 Å². The van der Waals surface area contributed by atoms with E-state index in [1.54, 1.807) is 12.1 Å². The average molecular weight is 311 g/mol. The summed E-state index contributed by atoms with van der Waals surface area (Å²) in [6.45, 7) is 4.04. The number of thiazole rings is 1. The highest BCUT2D eigenvalue weighted by atomic mass is 35.5. The lowest BCUT2D eigenvalue weighted by molar-refractivity contribution is 0.0593. The Bertz CT molecular complexity index is 608. The van der Waals surface area contributed by atoms with Crippen molar-refractivity contribution in [1.82, 2.24) is 4.98 Å². The molecule has 0 radical (unpaired) electrons. The topological polar surface area (TPSA) is 51.2 Å². The first-order valence-corrected chi connectivity index (χ1v) is 7.32. The Labute approximate surface area is 126 Å². The molecule has 0 bridgehead atoms. The third kappa shape index (κ3) is 3.29. The second kappa shape index (κ2) is 6.24. The maximum Gasteiger partial charge on any atom is 0.357 e. The molecule has 2 rings (SSSR count). The van der Waals surface area contributed by atoms with Gasteiger partial charge in [0.25, 0.3) is 0 Å². The summed E-state index contributed by atoms with van der Waals surface area (Å²) in [5.74, 6) is -0.198. The standard InChI is InChI=1S/C14H15ClN2O2S/c1-8(2)12-11(13(18)19-3)17-14(20-12)16-10-6-4-9(15)5-7-10/h4-8H,1-3H3,(H,16,17). The number of nitrogens with zero attached hydrogens (tertiary/aromatic N) is 1. The Hall–Kier alpha value is -1.59. The van der Waals surface area contributed by atoms with E-state index in [2.05, 4.69) is 10.3 Å². The zero-order chi connectivity index (χ0) is 14.7. The van der Waals surface area contributed by atoms with Gasteiger partial charge in [0.15, 0.2) is 10.8 Å². The van der Waals surface area contributed by atoms with Crippen LogP contribution in [0.5, 0.6) is 0 Å². The van der Waals surface area contributed by atoms with Crippen LogP contribution in [0.2, 0.25) is 5.02 Å². The van der Waals surface area contributed by atoms with Gasteiger partial charge in [-0.2, -0.15) is 0 Å². The monoisotopic (exact) mass is 310 g/mol. The number of hydrogen-bond donors (Lipinski definition) is 1. The van der Waals surface area contributed by atoms with Crippen LogP contribution in [0.1, 0.15) is 35.1 Å². The highest BCUT2D eigenvalue weighted by Crippen LogP contribution is 2.32. The van der Waals surface area contributed by atoms with Crippen molar-refractivity contribution < 1.29 is 9.53 Å². The molecule has 0 saturated carbocycles. The maximum atomic E-state index is 11.7. The number of anilines is 2. The number of esters is 1. The number of rotatable bonds is 4. The quantitative estimate of drug-likeness (QED) is 0.848. The van der Waals surface area contributed by atoms with E-state index < -0.39 is 5.97 Å². The summed E-state index contributed by atoms with van der Waals surface area (Å²) in [5.41, 5.74) is 1.25. The van der Waals surface area contributed by atoms with Crippen molar-refractivity contribution in [2.45, 2.75) is 19.8 Å². The molecule has 1 heterocycles. The fraction of sp³-hybridized carbons (Fsp3) is 0.286. The molecule has 0 unspecified atom stereocenters. The van der Waals surface area contributed by atoms with Crippen LogP contribution in [0.25, 0.3) is 0 Å². The Morgan fingerprint density at radius 1 is 1.35 bits per heavy atom. The SMILES string of the molecule is COC(=O)c1nc(Nc2ccc(Cl)cc2)sc1C(C)C. The molecule has 0 fully saturated rings. The minimum Gasteiger partial charge on any atom is -0.464 e. The molecule has 0 saturated heterocycles. The zero-order valence-electron chi connectivity index (χ0n) is 11.4. The summed E-state index contributed by atoms with van der Waals surface area (Å²) in [6.07, 6.45) is 0. The van der Waals surface area contributed by atoms with Gasteiger partial charge in [-0.1, -0.05) is 25.4 Å². The molecular formula is C14H15ClN2O2S. The number of aromatic nitrogens is 1. The first kappa shape index (κ1) is 14.8. The van der Waals surface area contributed by atoms with Crippen LogP contribution in [0, 0.1) is 0 Å². The van der Waals surface area contributed by atoms with Gasteiger partial charge in [0.2, 0.25) is 0 Å². The van der Waals surface area contributed by atoms with E-state index >= 15 is 0 Å². The zero-order valence-corrected chi connectivity index (χ0v) is 13.0. The molecule has 1 aromatic carbocycles. The van der Waals surface area contributed by atoms with E-state index in [0.717, 1.165) is 10.6 Å². The van der Waals surface area contributed by atoms with E-state index in [-0.39, 0.29) is 5.92 Å². The van der Waals surface area contributed by atoms with Crippen molar-refractivity contribution in [3.63, 3.8) is 0 Å². The summed E-state index contributed by atoms with van der Waals surface area (Å²) in [7, 11) is 1.36. The number of halogens is 1.